The lowest BCUT2D eigenvalue weighted by Crippen LogP contribution is -2.26. The second-order valence-electron chi connectivity index (χ2n) is 3.48. The number of hydrogen-bond donors (Lipinski definition) is 1. The maximum Gasteiger partial charge on any atom is 0.249 e. The van der Waals surface area contributed by atoms with Gasteiger partial charge in [-0.05, 0) is 40.5 Å². The van der Waals surface area contributed by atoms with Gasteiger partial charge >= 0.3 is 0 Å². The molecule has 0 fully saturated rings. The van der Waals surface area contributed by atoms with Crippen LogP contribution in [-0.2, 0) is 10.0 Å². The average molecular weight is 328 g/mol. The molecule has 5 nitrogen and oxygen atoms in total. The molecule has 1 N–H and O–H groups in total. The first kappa shape index (κ1) is 14.5. The fraction of sp³-hybridized carbons (Fsp3) is 0.273. The van der Waals surface area contributed by atoms with E-state index in [1.165, 1.54) is 18.2 Å². The van der Waals surface area contributed by atoms with Crippen LogP contribution in [0.15, 0.2) is 22.7 Å². The van der Waals surface area contributed by atoms with Crippen LogP contribution in [0.4, 0.5) is 5.69 Å². The summed E-state index contributed by atoms with van der Waals surface area (Å²) in [4.78, 5) is 0. The van der Waals surface area contributed by atoms with Crippen molar-refractivity contribution < 1.29 is 8.42 Å². The minimum atomic E-state index is -3.74. The lowest BCUT2D eigenvalue weighted by Gasteiger charge is -2.12. The Kier molecular flexibility index (Phi) is 4.71. The maximum atomic E-state index is 11.8. The van der Waals surface area contributed by atoms with Crippen molar-refractivity contribution in [1.82, 2.24) is 0 Å². The van der Waals surface area contributed by atoms with Crippen molar-refractivity contribution in [3.63, 3.8) is 0 Å². The summed E-state index contributed by atoms with van der Waals surface area (Å²) >= 11 is 3.17. The van der Waals surface area contributed by atoms with Gasteiger partial charge in [0.05, 0.1) is 23.4 Å². The molecule has 0 radical (unpaired) electrons. The molecular formula is C11H10BrN3O2S. The number of anilines is 1. The zero-order valence-corrected chi connectivity index (χ0v) is 11.9. The summed E-state index contributed by atoms with van der Waals surface area (Å²) in [7, 11) is -3.74. The predicted octanol–water partition coefficient (Wildman–Crippen LogP) is 2.36. The molecule has 0 aliphatic rings. The van der Waals surface area contributed by atoms with Gasteiger partial charge in [0, 0.05) is 4.47 Å². The van der Waals surface area contributed by atoms with Crippen LogP contribution in [0.2, 0.25) is 0 Å². The van der Waals surface area contributed by atoms with Crippen molar-refractivity contribution in [2.75, 3.05) is 4.72 Å². The SMILES string of the molecule is CCC(C#N)S(=O)(=O)Nc1ccc(C#N)cc1Br. The Bertz CT molecular complexity index is 629. The Balaban J connectivity index is 3.07. The molecular weight excluding hydrogens is 318 g/mol. The largest absolute Gasteiger partial charge is 0.281 e. The number of hydrogen-bond acceptors (Lipinski definition) is 4. The molecule has 1 unspecified atom stereocenters. The Morgan fingerprint density at radius 2 is 2.11 bits per heavy atom. The fourth-order valence-electron chi connectivity index (χ4n) is 1.27. The molecule has 18 heavy (non-hydrogen) atoms. The van der Waals surface area contributed by atoms with E-state index in [4.69, 9.17) is 10.5 Å². The molecule has 1 aromatic rings. The smallest absolute Gasteiger partial charge is 0.249 e. The summed E-state index contributed by atoms with van der Waals surface area (Å²) in [5, 5.41) is 16.4. The molecule has 94 valence electrons. The highest BCUT2D eigenvalue weighted by Crippen LogP contribution is 2.25. The molecule has 0 spiro atoms. The van der Waals surface area contributed by atoms with Crippen LogP contribution in [0.1, 0.15) is 18.9 Å². The molecule has 0 amide bonds. The minimum absolute atomic E-state index is 0.208. The zero-order valence-electron chi connectivity index (χ0n) is 9.51. The lowest BCUT2D eigenvalue weighted by atomic mass is 10.2. The first-order valence-electron chi connectivity index (χ1n) is 5.05. The van der Waals surface area contributed by atoms with Gasteiger partial charge in [-0.2, -0.15) is 10.5 Å². The van der Waals surface area contributed by atoms with Crippen LogP contribution in [0.5, 0.6) is 0 Å². The van der Waals surface area contributed by atoms with Crippen LogP contribution >= 0.6 is 15.9 Å². The standard InChI is InChI=1S/C11H10BrN3O2S/c1-2-9(7-14)18(16,17)15-11-4-3-8(6-13)5-10(11)12/h3-5,9,15H,2H2,1H3. The Morgan fingerprint density at radius 3 is 2.56 bits per heavy atom. The molecule has 7 heteroatoms. The van der Waals surface area contributed by atoms with Crippen LogP contribution in [-0.4, -0.2) is 13.7 Å². The van der Waals surface area contributed by atoms with E-state index in [1.54, 1.807) is 13.0 Å². The van der Waals surface area contributed by atoms with E-state index >= 15 is 0 Å². The number of rotatable bonds is 4. The zero-order chi connectivity index (χ0) is 13.8. The molecule has 0 aliphatic heterocycles. The van der Waals surface area contributed by atoms with E-state index in [0.29, 0.717) is 15.7 Å². The fourth-order valence-corrected chi connectivity index (χ4v) is 3.09. The maximum absolute atomic E-state index is 11.8. The number of halogens is 1. The highest BCUT2D eigenvalue weighted by atomic mass is 79.9. The van der Waals surface area contributed by atoms with Crippen LogP contribution in [0.3, 0.4) is 0 Å². The first-order chi connectivity index (χ1) is 8.44. The Morgan fingerprint density at radius 1 is 1.44 bits per heavy atom. The number of nitrogens with zero attached hydrogens (tertiary/aromatic N) is 2. The van der Waals surface area contributed by atoms with E-state index in [1.807, 2.05) is 6.07 Å². The molecule has 0 saturated carbocycles. The third-order valence-corrected chi connectivity index (χ3v) is 4.59. The predicted molar refractivity (Wildman–Crippen MR) is 71.1 cm³/mol. The summed E-state index contributed by atoms with van der Waals surface area (Å²) in [6, 6.07) is 8.16. The van der Waals surface area contributed by atoms with Crippen LogP contribution in [0.25, 0.3) is 0 Å². The van der Waals surface area contributed by atoms with Gasteiger partial charge < -0.3 is 0 Å². The number of sulfonamides is 1. The third-order valence-electron chi connectivity index (χ3n) is 2.24. The van der Waals surface area contributed by atoms with Gasteiger partial charge in [0.2, 0.25) is 10.0 Å². The molecule has 0 bridgehead atoms. The number of nitriles is 2. The normalized spacial score (nSPS) is 12.2. The Labute approximate surface area is 114 Å². The lowest BCUT2D eigenvalue weighted by molar-refractivity contribution is 0.593. The van der Waals surface area contributed by atoms with E-state index in [-0.39, 0.29) is 6.42 Å². The van der Waals surface area contributed by atoms with Gasteiger partial charge in [-0.25, -0.2) is 8.42 Å². The van der Waals surface area contributed by atoms with Crippen molar-refractivity contribution >= 4 is 31.6 Å². The third kappa shape index (κ3) is 3.22. The van der Waals surface area contributed by atoms with Crippen molar-refractivity contribution in [2.24, 2.45) is 0 Å². The van der Waals surface area contributed by atoms with Gasteiger partial charge in [-0.15, -0.1) is 0 Å². The summed E-state index contributed by atoms with van der Waals surface area (Å²) in [6.07, 6.45) is 0.208. The first-order valence-corrected chi connectivity index (χ1v) is 7.39. The summed E-state index contributed by atoms with van der Waals surface area (Å²) in [5.74, 6) is 0. The second-order valence-corrected chi connectivity index (χ2v) is 6.20. The summed E-state index contributed by atoms with van der Waals surface area (Å²) < 4.78 is 26.5. The molecule has 0 saturated heterocycles. The monoisotopic (exact) mass is 327 g/mol. The topological polar surface area (TPSA) is 93.8 Å². The molecule has 1 rings (SSSR count). The second kappa shape index (κ2) is 5.85. The van der Waals surface area contributed by atoms with E-state index in [0.717, 1.165) is 0 Å². The highest BCUT2D eigenvalue weighted by Gasteiger charge is 2.23. The van der Waals surface area contributed by atoms with Crippen molar-refractivity contribution in [1.29, 1.82) is 10.5 Å². The van der Waals surface area contributed by atoms with E-state index in [2.05, 4.69) is 20.7 Å². The highest BCUT2D eigenvalue weighted by molar-refractivity contribution is 9.10. The molecule has 0 aromatic heterocycles. The van der Waals surface area contributed by atoms with E-state index < -0.39 is 15.3 Å². The van der Waals surface area contributed by atoms with Gasteiger partial charge in [-0.1, -0.05) is 6.92 Å². The van der Waals surface area contributed by atoms with Crippen molar-refractivity contribution in [3.8, 4) is 12.1 Å². The Hall–Kier alpha value is -1.57. The van der Waals surface area contributed by atoms with Crippen molar-refractivity contribution in [3.05, 3.63) is 28.2 Å². The van der Waals surface area contributed by atoms with Gasteiger partial charge in [0.25, 0.3) is 0 Å². The van der Waals surface area contributed by atoms with E-state index in [9.17, 15) is 8.42 Å². The molecule has 0 aliphatic carbocycles. The summed E-state index contributed by atoms with van der Waals surface area (Å²) in [5.41, 5.74) is 0.722. The van der Waals surface area contributed by atoms with Gasteiger partial charge in [-0.3, -0.25) is 4.72 Å². The number of benzene rings is 1. The molecule has 1 aromatic carbocycles. The van der Waals surface area contributed by atoms with Crippen molar-refractivity contribution in [2.45, 2.75) is 18.6 Å². The average Bonchev–Trinajstić information content (AvgIpc) is 2.32. The van der Waals surface area contributed by atoms with Crippen LogP contribution in [0, 0.1) is 22.7 Å². The summed E-state index contributed by atoms with van der Waals surface area (Å²) in [6.45, 7) is 1.63. The van der Waals surface area contributed by atoms with Crippen LogP contribution < -0.4 is 4.72 Å². The molecule has 0 heterocycles. The van der Waals surface area contributed by atoms with Gasteiger partial charge in [0.15, 0.2) is 5.25 Å². The number of nitrogens with one attached hydrogen (secondary N) is 1. The van der Waals surface area contributed by atoms with Gasteiger partial charge in [0.1, 0.15) is 0 Å². The quantitative estimate of drug-likeness (QED) is 0.918. The molecule has 1 atom stereocenters. The minimum Gasteiger partial charge on any atom is -0.281 e.